The van der Waals surface area contributed by atoms with Crippen LogP contribution in [0.1, 0.15) is 20.4 Å². The number of hydrogen-bond donors (Lipinski definition) is 1. The molecule has 2 aromatic carbocycles. The van der Waals surface area contributed by atoms with Gasteiger partial charge in [-0.15, -0.1) is 10.2 Å². The summed E-state index contributed by atoms with van der Waals surface area (Å²) in [7, 11) is 1.51. The molecule has 29 heavy (non-hydrogen) atoms. The Labute approximate surface area is 176 Å². The average molecular weight is 427 g/mol. The van der Waals surface area contributed by atoms with Crippen LogP contribution in [-0.2, 0) is 0 Å². The number of rotatable bonds is 7. The van der Waals surface area contributed by atoms with Crippen molar-refractivity contribution in [3.8, 4) is 17.6 Å². The minimum Gasteiger partial charge on any atom is -0.493 e. The number of nitrogens with zero attached hydrogens (tertiary/aromatic N) is 3. The number of para-hydroxylation sites is 1. The molecule has 0 saturated heterocycles. The largest absolute Gasteiger partial charge is 0.493 e. The number of amides is 1. The van der Waals surface area contributed by atoms with Gasteiger partial charge >= 0.3 is 0 Å². The molecule has 1 aromatic heterocycles. The van der Waals surface area contributed by atoms with Crippen LogP contribution in [0.4, 0.5) is 5.69 Å². The highest BCUT2D eigenvalue weighted by atomic mass is 35.5. The average Bonchev–Trinajstić information content (AvgIpc) is 3.24. The van der Waals surface area contributed by atoms with Crippen LogP contribution in [0.15, 0.2) is 48.5 Å². The van der Waals surface area contributed by atoms with Gasteiger partial charge in [0.05, 0.1) is 12.1 Å². The summed E-state index contributed by atoms with van der Waals surface area (Å²) in [5.74, 6) is 0.571. The molecule has 1 N–H and O–H groups in total. The molecule has 0 saturated carbocycles. The molecular formula is C20H15ClN4O3S. The van der Waals surface area contributed by atoms with Gasteiger partial charge in [0.1, 0.15) is 6.07 Å². The minimum atomic E-state index is -0.356. The number of nitrogens with one attached hydrogen (secondary N) is 1. The summed E-state index contributed by atoms with van der Waals surface area (Å²) in [6, 6.07) is 16.2. The van der Waals surface area contributed by atoms with Gasteiger partial charge in [-0.05, 0) is 35.9 Å². The predicted octanol–water partition coefficient (Wildman–Crippen LogP) is 4.44. The van der Waals surface area contributed by atoms with E-state index in [2.05, 4.69) is 15.5 Å². The molecule has 0 fully saturated rings. The number of halogens is 1. The predicted molar refractivity (Wildman–Crippen MR) is 112 cm³/mol. The molecule has 0 unspecified atom stereocenters. The fourth-order valence-electron chi connectivity index (χ4n) is 2.33. The van der Waals surface area contributed by atoms with E-state index >= 15 is 0 Å². The summed E-state index contributed by atoms with van der Waals surface area (Å²) < 4.78 is 10.6. The quantitative estimate of drug-likeness (QED) is 0.599. The molecule has 146 valence electrons. The molecule has 0 aliphatic carbocycles. The standard InChI is InChI=1S/C20H15ClN4O3S/c1-27-17-12-13(7-8-16(17)28-10-9-22)11-15(21)19-24-25-20(29-19)18(26)23-14-5-3-2-4-6-14/h2-8,11-12H,10H2,1H3,(H,23,26)/b15-11-. The van der Waals surface area contributed by atoms with E-state index in [1.54, 1.807) is 36.4 Å². The van der Waals surface area contributed by atoms with Gasteiger partial charge < -0.3 is 14.8 Å². The van der Waals surface area contributed by atoms with Crippen molar-refractivity contribution in [3.63, 3.8) is 0 Å². The van der Waals surface area contributed by atoms with Crippen LogP contribution in [0.25, 0.3) is 11.1 Å². The number of methoxy groups -OCH3 is 1. The molecule has 7 nitrogen and oxygen atoms in total. The number of carbonyl (C=O) groups excluding carboxylic acids is 1. The number of ether oxygens (including phenoxy) is 2. The summed E-state index contributed by atoms with van der Waals surface area (Å²) in [5, 5.41) is 20.2. The fraction of sp³-hybridized carbons (Fsp3) is 0.100. The Bertz CT molecular complexity index is 1080. The van der Waals surface area contributed by atoms with Crippen LogP contribution in [0, 0.1) is 11.3 Å². The van der Waals surface area contributed by atoms with E-state index in [9.17, 15) is 4.79 Å². The molecule has 0 bridgehead atoms. The van der Waals surface area contributed by atoms with Gasteiger partial charge in [-0.25, -0.2) is 0 Å². The number of aromatic nitrogens is 2. The minimum absolute atomic E-state index is 0.0785. The molecule has 3 aromatic rings. The molecule has 3 rings (SSSR count). The Morgan fingerprint density at radius 3 is 2.69 bits per heavy atom. The molecule has 0 radical (unpaired) electrons. The lowest BCUT2D eigenvalue weighted by Crippen LogP contribution is -2.11. The Morgan fingerprint density at radius 1 is 1.21 bits per heavy atom. The van der Waals surface area contributed by atoms with E-state index < -0.39 is 0 Å². The number of carbonyl (C=O) groups is 1. The van der Waals surface area contributed by atoms with Crippen LogP contribution in [-0.4, -0.2) is 29.8 Å². The molecule has 0 aliphatic heterocycles. The van der Waals surface area contributed by atoms with Crippen molar-refractivity contribution in [1.82, 2.24) is 10.2 Å². The molecule has 0 atom stereocenters. The Morgan fingerprint density at radius 2 is 1.97 bits per heavy atom. The van der Waals surface area contributed by atoms with E-state index in [0.29, 0.717) is 27.2 Å². The zero-order chi connectivity index (χ0) is 20.6. The second-order valence-corrected chi connectivity index (χ2v) is 6.97. The summed E-state index contributed by atoms with van der Waals surface area (Å²) >= 11 is 7.45. The summed E-state index contributed by atoms with van der Waals surface area (Å²) in [5.41, 5.74) is 1.41. The van der Waals surface area contributed by atoms with Gasteiger partial charge in [0.25, 0.3) is 5.91 Å². The molecule has 1 heterocycles. The summed E-state index contributed by atoms with van der Waals surface area (Å²) in [4.78, 5) is 12.3. The first kappa shape index (κ1) is 20.3. The lowest BCUT2D eigenvalue weighted by molar-refractivity contribution is 0.102. The highest BCUT2D eigenvalue weighted by molar-refractivity contribution is 7.15. The Balaban J connectivity index is 1.75. The van der Waals surface area contributed by atoms with Gasteiger partial charge in [-0.3, -0.25) is 4.79 Å². The summed E-state index contributed by atoms with van der Waals surface area (Å²) in [6.45, 7) is -0.0785. The van der Waals surface area contributed by atoms with Crippen molar-refractivity contribution in [3.05, 3.63) is 64.1 Å². The normalized spacial score (nSPS) is 10.9. The second kappa shape index (κ2) is 9.68. The van der Waals surface area contributed by atoms with Crippen LogP contribution in [0.2, 0.25) is 0 Å². The van der Waals surface area contributed by atoms with E-state index in [-0.39, 0.29) is 17.5 Å². The van der Waals surface area contributed by atoms with Crippen molar-refractivity contribution < 1.29 is 14.3 Å². The third kappa shape index (κ3) is 5.31. The monoisotopic (exact) mass is 426 g/mol. The van der Waals surface area contributed by atoms with Crippen LogP contribution >= 0.6 is 22.9 Å². The number of anilines is 1. The lowest BCUT2D eigenvalue weighted by Gasteiger charge is -2.08. The van der Waals surface area contributed by atoms with Crippen LogP contribution < -0.4 is 14.8 Å². The van der Waals surface area contributed by atoms with Gasteiger partial charge in [0.15, 0.2) is 23.1 Å². The molecule has 0 spiro atoms. The van der Waals surface area contributed by atoms with E-state index in [0.717, 1.165) is 16.9 Å². The first-order chi connectivity index (χ1) is 14.1. The van der Waals surface area contributed by atoms with Gasteiger partial charge in [-0.1, -0.05) is 47.2 Å². The zero-order valence-corrected chi connectivity index (χ0v) is 16.8. The maximum atomic E-state index is 12.3. The number of hydrogen-bond acceptors (Lipinski definition) is 7. The van der Waals surface area contributed by atoms with Crippen LogP contribution in [0.5, 0.6) is 11.5 Å². The van der Waals surface area contributed by atoms with E-state index in [1.165, 1.54) is 7.11 Å². The topological polar surface area (TPSA) is 97.1 Å². The van der Waals surface area contributed by atoms with E-state index in [1.807, 2.05) is 24.3 Å². The highest BCUT2D eigenvalue weighted by Crippen LogP contribution is 2.31. The maximum absolute atomic E-state index is 12.3. The lowest BCUT2D eigenvalue weighted by atomic mass is 10.2. The van der Waals surface area contributed by atoms with Crippen molar-refractivity contribution in [1.29, 1.82) is 5.26 Å². The zero-order valence-electron chi connectivity index (χ0n) is 15.3. The number of nitriles is 1. The molecule has 0 aliphatic rings. The summed E-state index contributed by atoms with van der Waals surface area (Å²) in [6.07, 6.45) is 1.68. The Kier molecular flexibility index (Phi) is 6.79. The smallest absolute Gasteiger partial charge is 0.286 e. The van der Waals surface area contributed by atoms with Crippen molar-refractivity contribution in [2.75, 3.05) is 19.0 Å². The van der Waals surface area contributed by atoms with Crippen molar-refractivity contribution >= 4 is 45.6 Å². The maximum Gasteiger partial charge on any atom is 0.286 e. The van der Waals surface area contributed by atoms with Crippen LogP contribution in [0.3, 0.4) is 0 Å². The highest BCUT2D eigenvalue weighted by Gasteiger charge is 2.15. The van der Waals surface area contributed by atoms with Gasteiger partial charge in [-0.2, -0.15) is 5.26 Å². The SMILES string of the molecule is COc1cc(/C=C(\Cl)c2nnc(C(=O)Nc3ccccc3)s2)ccc1OCC#N. The molecule has 1 amide bonds. The molecular weight excluding hydrogens is 412 g/mol. The number of benzene rings is 2. The van der Waals surface area contributed by atoms with Gasteiger partial charge in [0.2, 0.25) is 5.01 Å². The second-order valence-electron chi connectivity index (χ2n) is 5.58. The first-order valence-corrected chi connectivity index (χ1v) is 9.55. The van der Waals surface area contributed by atoms with Gasteiger partial charge in [0, 0.05) is 5.69 Å². The third-order valence-corrected chi connectivity index (χ3v) is 4.98. The molecule has 9 heteroatoms. The first-order valence-electron chi connectivity index (χ1n) is 8.36. The Hall–Kier alpha value is -3.41. The van der Waals surface area contributed by atoms with Crippen molar-refractivity contribution in [2.24, 2.45) is 0 Å². The fourth-order valence-corrected chi connectivity index (χ4v) is 3.25. The van der Waals surface area contributed by atoms with Crippen molar-refractivity contribution in [2.45, 2.75) is 0 Å². The third-order valence-electron chi connectivity index (χ3n) is 3.63. The van der Waals surface area contributed by atoms with E-state index in [4.69, 9.17) is 26.3 Å².